The smallest absolute Gasteiger partial charge is 0.179 e. The average Bonchev–Trinajstić information content (AvgIpc) is 2.59. The molecule has 3 nitrogen and oxygen atoms in total. The van der Waals surface area contributed by atoms with Crippen molar-refractivity contribution in [3.63, 3.8) is 0 Å². The van der Waals surface area contributed by atoms with Gasteiger partial charge >= 0.3 is 0 Å². The highest BCUT2D eigenvalue weighted by molar-refractivity contribution is 6.37. The molecule has 78 valence electrons. The van der Waals surface area contributed by atoms with Gasteiger partial charge in [0.2, 0.25) is 0 Å². The van der Waals surface area contributed by atoms with Gasteiger partial charge in [-0.15, -0.1) is 0 Å². The zero-order chi connectivity index (χ0) is 11.0. The number of hydrogen-bond acceptors (Lipinski definition) is 2. The summed E-state index contributed by atoms with van der Waals surface area (Å²) in [7, 11) is 0. The molecule has 1 aromatic heterocycles. The van der Waals surface area contributed by atoms with Crippen molar-refractivity contribution in [2.45, 2.75) is 13.0 Å². The predicted octanol–water partition coefficient (Wildman–Crippen LogP) is 2.35. The first kappa shape index (κ1) is 10.2. The number of nitrogens with one attached hydrogen (secondary N) is 1. The lowest BCUT2D eigenvalue weighted by molar-refractivity contribution is 0.0969. The van der Waals surface area contributed by atoms with E-state index in [-0.39, 0.29) is 5.78 Å². The largest absolute Gasteiger partial charge is 0.360 e. The van der Waals surface area contributed by atoms with Gasteiger partial charge in [0, 0.05) is 22.7 Å². The van der Waals surface area contributed by atoms with Crippen LogP contribution in [0.4, 0.5) is 0 Å². The Hall–Kier alpha value is -1.32. The predicted molar refractivity (Wildman–Crippen MR) is 61.3 cm³/mol. The SMILES string of the molecule is CC(N)C(=O)c1cccc2[nH]cc(Cl)c12. The maximum Gasteiger partial charge on any atom is 0.179 e. The van der Waals surface area contributed by atoms with E-state index in [1.165, 1.54) is 0 Å². The number of ketones is 1. The quantitative estimate of drug-likeness (QED) is 0.767. The molecule has 0 aliphatic heterocycles. The van der Waals surface area contributed by atoms with E-state index in [1.807, 2.05) is 12.1 Å². The summed E-state index contributed by atoms with van der Waals surface area (Å²) in [6, 6.07) is 4.92. The topological polar surface area (TPSA) is 58.9 Å². The van der Waals surface area contributed by atoms with Crippen LogP contribution in [0.1, 0.15) is 17.3 Å². The number of H-pyrrole nitrogens is 1. The first-order chi connectivity index (χ1) is 7.11. The Bertz CT molecular complexity index is 516. The minimum Gasteiger partial charge on any atom is -0.360 e. The molecule has 0 bridgehead atoms. The third-order valence-electron chi connectivity index (χ3n) is 2.34. The summed E-state index contributed by atoms with van der Waals surface area (Å²) in [6.45, 7) is 1.67. The van der Waals surface area contributed by atoms with Crippen molar-refractivity contribution >= 4 is 28.3 Å². The fraction of sp³-hybridized carbons (Fsp3) is 0.182. The number of carbonyl (C=O) groups excluding carboxylic acids is 1. The standard InChI is InChI=1S/C11H11ClN2O/c1-6(13)11(15)7-3-2-4-9-10(7)8(12)5-14-9/h2-6,14H,13H2,1H3. The zero-order valence-electron chi connectivity index (χ0n) is 8.25. The van der Waals surface area contributed by atoms with Crippen LogP contribution in [0.15, 0.2) is 24.4 Å². The second-order valence-electron chi connectivity index (χ2n) is 3.52. The second kappa shape index (κ2) is 3.68. The van der Waals surface area contributed by atoms with Crippen LogP contribution in [0.2, 0.25) is 5.02 Å². The van der Waals surface area contributed by atoms with Gasteiger partial charge < -0.3 is 10.7 Å². The van der Waals surface area contributed by atoms with Crippen LogP contribution in [0.25, 0.3) is 10.9 Å². The molecule has 1 unspecified atom stereocenters. The van der Waals surface area contributed by atoms with Gasteiger partial charge in [-0.25, -0.2) is 0 Å². The number of benzene rings is 1. The number of Topliss-reactive ketones (excluding diaryl/α,β-unsaturated/α-hetero) is 1. The van der Waals surface area contributed by atoms with Crippen LogP contribution < -0.4 is 5.73 Å². The number of fused-ring (bicyclic) bond motifs is 1. The van der Waals surface area contributed by atoms with E-state index in [0.29, 0.717) is 10.6 Å². The number of aromatic amines is 1. The van der Waals surface area contributed by atoms with Crippen molar-refractivity contribution in [2.75, 3.05) is 0 Å². The van der Waals surface area contributed by atoms with Crippen LogP contribution in [0.3, 0.4) is 0 Å². The number of carbonyl (C=O) groups is 1. The van der Waals surface area contributed by atoms with Gasteiger partial charge in [-0.1, -0.05) is 23.7 Å². The maximum atomic E-state index is 11.8. The summed E-state index contributed by atoms with van der Waals surface area (Å²) >= 11 is 6.00. The number of halogens is 1. The Morgan fingerprint density at radius 2 is 2.27 bits per heavy atom. The molecule has 4 heteroatoms. The van der Waals surface area contributed by atoms with E-state index >= 15 is 0 Å². The molecule has 0 fully saturated rings. The van der Waals surface area contributed by atoms with Gasteiger partial charge in [-0.2, -0.15) is 0 Å². The van der Waals surface area contributed by atoms with Gasteiger partial charge in [-0.05, 0) is 13.0 Å². The highest BCUT2D eigenvalue weighted by Crippen LogP contribution is 2.27. The maximum absolute atomic E-state index is 11.8. The summed E-state index contributed by atoms with van der Waals surface area (Å²) < 4.78 is 0. The van der Waals surface area contributed by atoms with Crippen molar-refractivity contribution in [1.82, 2.24) is 4.98 Å². The van der Waals surface area contributed by atoms with Gasteiger partial charge in [0.25, 0.3) is 0 Å². The number of nitrogens with two attached hydrogens (primary N) is 1. The molecule has 0 aliphatic rings. The van der Waals surface area contributed by atoms with Crippen molar-refractivity contribution in [3.05, 3.63) is 35.0 Å². The van der Waals surface area contributed by atoms with E-state index in [9.17, 15) is 4.79 Å². The van der Waals surface area contributed by atoms with Crippen LogP contribution >= 0.6 is 11.6 Å². The van der Waals surface area contributed by atoms with E-state index in [1.54, 1.807) is 19.2 Å². The van der Waals surface area contributed by atoms with Gasteiger partial charge in [0.05, 0.1) is 11.1 Å². The molecule has 15 heavy (non-hydrogen) atoms. The minimum atomic E-state index is -0.512. The third-order valence-corrected chi connectivity index (χ3v) is 2.63. The Kier molecular flexibility index (Phi) is 2.50. The highest BCUT2D eigenvalue weighted by Gasteiger charge is 2.16. The molecule has 0 saturated carbocycles. The summed E-state index contributed by atoms with van der Waals surface area (Å²) in [5.41, 5.74) is 7.01. The molecule has 0 radical (unpaired) electrons. The molecule has 1 aromatic carbocycles. The molecular formula is C11H11ClN2O. The summed E-state index contributed by atoms with van der Waals surface area (Å²) in [5.74, 6) is -0.0953. The molecule has 1 atom stereocenters. The lowest BCUT2D eigenvalue weighted by Gasteiger charge is -2.05. The molecule has 1 heterocycles. The van der Waals surface area contributed by atoms with Crippen LogP contribution in [-0.2, 0) is 0 Å². The monoisotopic (exact) mass is 222 g/mol. The highest BCUT2D eigenvalue weighted by atomic mass is 35.5. The van der Waals surface area contributed by atoms with E-state index in [2.05, 4.69) is 4.98 Å². The Balaban J connectivity index is 2.70. The van der Waals surface area contributed by atoms with Crippen molar-refractivity contribution < 1.29 is 4.79 Å². The molecular weight excluding hydrogens is 212 g/mol. The average molecular weight is 223 g/mol. The Morgan fingerprint density at radius 3 is 2.93 bits per heavy atom. The number of rotatable bonds is 2. The van der Waals surface area contributed by atoms with Crippen molar-refractivity contribution in [2.24, 2.45) is 5.73 Å². The second-order valence-corrected chi connectivity index (χ2v) is 3.92. The summed E-state index contributed by atoms with van der Waals surface area (Å²) in [4.78, 5) is 14.8. The number of hydrogen-bond donors (Lipinski definition) is 2. The molecule has 0 spiro atoms. The minimum absolute atomic E-state index is 0.0953. The van der Waals surface area contributed by atoms with Crippen LogP contribution in [0.5, 0.6) is 0 Å². The third kappa shape index (κ3) is 1.64. The number of aromatic nitrogens is 1. The molecule has 2 rings (SSSR count). The lowest BCUT2D eigenvalue weighted by Crippen LogP contribution is -2.26. The Labute approximate surface area is 92.2 Å². The van der Waals surface area contributed by atoms with Crippen molar-refractivity contribution in [3.8, 4) is 0 Å². The van der Waals surface area contributed by atoms with Gasteiger partial charge in [0.1, 0.15) is 0 Å². The lowest BCUT2D eigenvalue weighted by atomic mass is 10.0. The van der Waals surface area contributed by atoms with E-state index in [0.717, 1.165) is 10.9 Å². The van der Waals surface area contributed by atoms with E-state index in [4.69, 9.17) is 17.3 Å². The van der Waals surface area contributed by atoms with Crippen LogP contribution in [0, 0.1) is 0 Å². The molecule has 0 amide bonds. The normalized spacial score (nSPS) is 13.0. The zero-order valence-corrected chi connectivity index (χ0v) is 9.01. The molecule has 0 aliphatic carbocycles. The summed E-state index contributed by atoms with van der Waals surface area (Å²) in [6.07, 6.45) is 1.67. The van der Waals surface area contributed by atoms with Crippen molar-refractivity contribution in [1.29, 1.82) is 0 Å². The van der Waals surface area contributed by atoms with Gasteiger partial charge in [-0.3, -0.25) is 4.79 Å². The summed E-state index contributed by atoms with van der Waals surface area (Å²) in [5, 5.41) is 1.30. The molecule has 3 N–H and O–H groups in total. The van der Waals surface area contributed by atoms with Gasteiger partial charge in [0.15, 0.2) is 5.78 Å². The van der Waals surface area contributed by atoms with E-state index < -0.39 is 6.04 Å². The fourth-order valence-electron chi connectivity index (χ4n) is 1.59. The fourth-order valence-corrected chi connectivity index (χ4v) is 1.85. The first-order valence-corrected chi connectivity index (χ1v) is 5.04. The molecule has 2 aromatic rings. The Morgan fingerprint density at radius 1 is 1.53 bits per heavy atom. The first-order valence-electron chi connectivity index (χ1n) is 4.66. The van der Waals surface area contributed by atoms with Crippen LogP contribution in [-0.4, -0.2) is 16.8 Å². The molecule has 0 saturated heterocycles.